The van der Waals surface area contributed by atoms with E-state index in [0.717, 1.165) is 17.8 Å². The lowest BCUT2D eigenvalue weighted by atomic mass is 10.1. The molecule has 0 amide bonds. The van der Waals surface area contributed by atoms with Gasteiger partial charge in [0.05, 0.1) is 0 Å². The van der Waals surface area contributed by atoms with Crippen molar-refractivity contribution >= 4 is 0 Å². The van der Waals surface area contributed by atoms with Gasteiger partial charge in [0.1, 0.15) is 0 Å². The molecule has 1 rings (SSSR count). The Kier molecular flexibility index (Phi) is 1.59. The molecule has 1 fully saturated rings. The van der Waals surface area contributed by atoms with Gasteiger partial charge in [0.15, 0.2) is 0 Å². The van der Waals surface area contributed by atoms with Crippen molar-refractivity contribution in [3.8, 4) is 0 Å². The zero-order valence-electron chi connectivity index (χ0n) is 6.15. The zero-order valence-corrected chi connectivity index (χ0v) is 6.15. The smallest absolute Gasteiger partial charge is 0.0360 e. The van der Waals surface area contributed by atoms with E-state index >= 15 is 0 Å². The van der Waals surface area contributed by atoms with Crippen LogP contribution >= 0.6 is 0 Å². The molecule has 0 aliphatic heterocycles. The molecule has 8 heavy (non-hydrogen) atoms. The molecule has 2 unspecified atom stereocenters. The number of rotatable bonds is 2. The van der Waals surface area contributed by atoms with Gasteiger partial charge in [0, 0.05) is 0 Å². The lowest BCUT2D eigenvalue weighted by molar-refractivity contribution is 0.512. The van der Waals surface area contributed by atoms with E-state index in [9.17, 15) is 0 Å². The van der Waals surface area contributed by atoms with Crippen molar-refractivity contribution < 1.29 is 0 Å². The monoisotopic (exact) mass is 112 g/mol. The molecule has 1 aliphatic rings. The van der Waals surface area contributed by atoms with Crippen molar-refractivity contribution in [3.63, 3.8) is 0 Å². The molecule has 0 heterocycles. The molecule has 0 aromatic carbocycles. The van der Waals surface area contributed by atoms with Gasteiger partial charge in [-0.15, -0.1) is 0 Å². The van der Waals surface area contributed by atoms with Gasteiger partial charge in [-0.2, -0.15) is 0 Å². The highest BCUT2D eigenvalue weighted by atomic mass is 14.4. The maximum atomic E-state index is 2.33. The van der Waals surface area contributed by atoms with Crippen LogP contribution in [0.4, 0.5) is 0 Å². The highest BCUT2D eigenvalue weighted by Gasteiger charge is 2.36. The van der Waals surface area contributed by atoms with Gasteiger partial charge < -0.3 is 0 Å². The van der Waals surface area contributed by atoms with Crippen LogP contribution in [-0.2, 0) is 0 Å². The average Bonchev–Trinajstić information content (AvgIpc) is 2.42. The summed E-state index contributed by atoms with van der Waals surface area (Å²) < 4.78 is 0. The lowest BCUT2D eigenvalue weighted by Gasteiger charge is -1.98. The van der Waals surface area contributed by atoms with Crippen molar-refractivity contribution in [3.05, 3.63) is 0 Å². The van der Waals surface area contributed by atoms with Gasteiger partial charge in [-0.3, -0.25) is 0 Å². The minimum Gasteiger partial charge on any atom is -0.0651 e. The van der Waals surface area contributed by atoms with Crippen LogP contribution in [0.2, 0.25) is 0 Å². The van der Waals surface area contributed by atoms with Gasteiger partial charge in [0.25, 0.3) is 0 Å². The Morgan fingerprint density at radius 2 is 2.12 bits per heavy atom. The quantitative estimate of drug-likeness (QED) is 0.515. The maximum Gasteiger partial charge on any atom is -0.0360 e. The molecule has 0 radical (unpaired) electrons. The standard InChI is InChI=1S/C8H16/c1-4-7-5-8(7)6(2)3/h6-8H,4-5H2,1-3H3. The van der Waals surface area contributed by atoms with E-state index in [0.29, 0.717) is 0 Å². The van der Waals surface area contributed by atoms with E-state index in [1.165, 1.54) is 12.8 Å². The third-order valence-corrected chi connectivity index (χ3v) is 2.36. The first-order valence-corrected chi connectivity index (χ1v) is 3.75. The Bertz CT molecular complexity index is 74.1. The second kappa shape index (κ2) is 2.08. The highest BCUT2D eigenvalue weighted by Crippen LogP contribution is 2.45. The van der Waals surface area contributed by atoms with Crippen LogP contribution in [0.1, 0.15) is 33.6 Å². The topological polar surface area (TPSA) is 0 Å². The molecule has 0 nitrogen and oxygen atoms in total. The van der Waals surface area contributed by atoms with E-state index < -0.39 is 0 Å². The van der Waals surface area contributed by atoms with E-state index in [2.05, 4.69) is 20.8 Å². The molecular formula is C8H16. The summed E-state index contributed by atoms with van der Waals surface area (Å²) in [5, 5.41) is 0. The van der Waals surface area contributed by atoms with Crippen molar-refractivity contribution in [2.75, 3.05) is 0 Å². The van der Waals surface area contributed by atoms with E-state index in [1.54, 1.807) is 0 Å². The minimum absolute atomic E-state index is 0.944. The van der Waals surface area contributed by atoms with Gasteiger partial charge in [-0.25, -0.2) is 0 Å². The van der Waals surface area contributed by atoms with Crippen LogP contribution in [0.15, 0.2) is 0 Å². The molecule has 0 spiro atoms. The summed E-state index contributed by atoms with van der Waals surface area (Å²) in [6, 6.07) is 0. The third-order valence-electron chi connectivity index (χ3n) is 2.36. The lowest BCUT2D eigenvalue weighted by Crippen LogP contribution is -1.90. The largest absolute Gasteiger partial charge is 0.0651 e. The summed E-state index contributed by atoms with van der Waals surface area (Å²) >= 11 is 0. The first-order chi connectivity index (χ1) is 3.75. The van der Waals surface area contributed by atoms with Crippen LogP contribution in [0.5, 0.6) is 0 Å². The van der Waals surface area contributed by atoms with Crippen molar-refractivity contribution in [1.82, 2.24) is 0 Å². The maximum absolute atomic E-state index is 2.33. The van der Waals surface area contributed by atoms with Crippen molar-refractivity contribution in [1.29, 1.82) is 0 Å². The molecule has 2 atom stereocenters. The summed E-state index contributed by atoms with van der Waals surface area (Å²) in [6.45, 7) is 6.97. The second-order valence-corrected chi connectivity index (χ2v) is 3.31. The molecular weight excluding hydrogens is 96.1 g/mol. The molecule has 0 aromatic rings. The Morgan fingerprint density at radius 1 is 1.50 bits per heavy atom. The number of hydrogen-bond donors (Lipinski definition) is 0. The van der Waals surface area contributed by atoms with E-state index in [1.807, 2.05) is 0 Å². The van der Waals surface area contributed by atoms with Crippen molar-refractivity contribution in [2.45, 2.75) is 33.6 Å². The van der Waals surface area contributed by atoms with Gasteiger partial charge >= 0.3 is 0 Å². The van der Waals surface area contributed by atoms with Crippen molar-refractivity contribution in [2.24, 2.45) is 17.8 Å². The van der Waals surface area contributed by atoms with Gasteiger partial charge in [-0.05, 0) is 24.2 Å². The Morgan fingerprint density at radius 3 is 2.25 bits per heavy atom. The minimum atomic E-state index is 0.944. The molecule has 0 heteroatoms. The molecule has 0 saturated heterocycles. The molecule has 1 saturated carbocycles. The van der Waals surface area contributed by atoms with Crippen LogP contribution < -0.4 is 0 Å². The Labute approximate surface area is 52.3 Å². The average molecular weight is 112 g/mol. The normalized spacial score (nSPS) is 36.0. The number of hydrogen-bond acceptors (Lipinski definition) is 0. The zero-order chi connectivity index (χ0) is 6.15. The van der Waals surface area contributed by atoms with E-state index in [-0.39, 0.29) is 0 Å². The first kappa shape index (κ1) is 6.12. The highest BCUT2D eigenvalue weighted by molar-refractivity contribution is 4.86. The van der Waals surface area contributed by atoms with Gasteiger partial charge in [0.2, 0.25) is 0 Å². The second-order valence-electron chi connectivity index (χ2n) is 3.31. The van der Waals surface area contributed by atoms with E-state index in [4.69, 9.17) is 0 Å². The molecule has 48 valence electrons. The summed E-state index contributed by atoms with van der Waals surface area (Å²) in [5.41, 5.74) is 0. The van der Waals surface area contributed by atoms with Crippen LogP contribution in [0.3, 0.4) is 0 Å². The molecule has 1 aliphatic carbocycles. The fourth-order valence-corrected chi connectivity index (χ4v) is 1.56. The van der Waals surface area contributed by atoms with Crippen LogP contribution in [-0.4, -0.2) is 0 Å². The molecule has 0 bridgehead atoms. The Balaban J connectivity index is 2.16. The van der Waals surface area contributed by atoms with Gasteiger partial charge in [-0.1, -0.05) is 27.2 Å². The third kappa shape index (κ3) is 1.04. The molecule has 0 aromatic heterocycles. The molecule has 0 N–H and O–H groups in total. The van der Waals surface area contributed by atoms with Crippen LogP contribution in [0.25, 0.3) is 0 Å². The summed E-state index contributed by atoms with van der Waals surface area (Å²) in [7, 11) is 0. The predicted octanol–water partition coefficient (Wildman–Crippen LogP) is 2.69. The summed E-state index contributed by atoms with van der Waals surface area (Å²) in [4.78, 5) is 0. The summed E-state index contributed by atoms with van der Waals surface area (Å²) in [5.74, 6) is 3.12. The van der Waals surface area contributed by atoms with Crippen LogP contribution in [0, 0.1) is 17.8 Å². The SMILES string of the molecule is CCC1CC1C(C)C. The fourth-order valence-electron chi connectivity index (χ4n) is 1.56. The predicted molar refractivity (Wildman–Crippen MR) is 36.7 cm³/mol. The first-order valence-electron chi connectivity index (χ1n) is 3.75. The Hall–Kier alpha value is 0. The summed E-state index contributed by atoms with van der Waals surface area (Å²) in [6.07, 6.45) is 2.91. The fraction of sp³-hybridized carbons (Fsp3) is 1.00.